The quantitative estimate of drug-likeness (QED) is 0.890. The van der Waals surface area contributed by atoms with Crippen LogP contribution in [0, 0.1) is 6.92 Å². The first-order valence-electron chi connectivity index (χ1n) is 8.68. The van der Waals surface area contributed by atoms with Gasteiger partial charge in [-0.2, -0.15) is 5.10 Å². The Hall–Kier alpha value is -2.37. The summed E-state index contributed by atoms with van der Waals surface area (Å²) in [6.45, 7) is 3.32. The van der Waals surface area contributed by atoms with Gasteiger partial charge in [0.15, 0.2) is 5.78 Å². The topological polar surface area (TPSA) is 81.8 Å². The number of aromatic amines is 2. The molecule has 0 aromatic carbocycles. The number of hydrogen-bond acceptors (Lipinski definition) is 3. The Morgan fingerprint density at radius 2 is 2.21 bits per heavy atom. The number of rotatable bonds is 2. The molecule has 0 spiro atoms. The van der Waals surface area contributed by atoms with Gasteiger partial charge in [0.25, 0.3) is 5.91 Å². The molecule has 126 valence electrons. The van der Waals surface area contributed by atoms with Crippen LogP contribution in [0.4, 0.5) is 0 Å². The van der Waals surface area contributed by atoms with E-state index in [1.165, 1.54) is 0 Å². The number of amides is 1. The van der Waals surface area contributed by atoms with Crippen LogP contribution < -0.4 is 0 Å². The Morgan fingerprint density at radius 1 is 1.33 bits per heavy atom. The first-order valence-corrected chi connectivity index (χ1v) is 8.68. The van der Waals surface area contributed by atoms with E-state index in [1.54, 1.807) is 6.20 Å². The van der Waals surface area contributed by atoms with Gasteiger partial charge in [0.1, 0.15) is 0 Å². The molecule has 0 radical (unpaired) electrons. The highest BCUT2D eigenvalue weighted by Gasteiger charge is 2.33. The molecule has 2 N–H and O–H groups in total. The van der Waals surface area contributed by atoms with Gasteiger partial charge in [0.2, 0.25) is 0 Å². The van der Waals surface area contributed by atoms with Crippen LogP contribution >= 0.6 is 0 Å². The molecule has 1 saturated heterocycles. The van der Waals surface area contributed by atoms with Crippen molar-refractivity contribution in [2.24, 2.45) is 0 Å². The Morgan fingerprint density at radius 3 is 3.00 bits per heavy atom. The van der Waals surface area contributed by atoms with Crippen LogP contribution in [-0.4, -0.2) is 44.9 Å². The van der Waals surface area contributed by atoms with E-state index >= 15 is 0 Å². The number of piperidine rings is 1. The average molecular weight is 326 g/mol. The van der Waals surface area contributed by atoms with Gasteiger partial charge in [-0.25, -0.2) is 0 Å². The second-order valence-electron chi connectivity index (χ2n) is 6.86. The fraction of sp³-hybridized carbons (Fsp3) is 0.500. The molecule has 2 aliphatic rings. The molecule has 1 aliphatic carbocycles. The molecule has 0 saturated carbocycles. The SMILES string of the molecule is Cc1[nH]c2c(c1C(=O)N1CCCC(c3ccn[nH]3)C1)C(=O)CCC2. The van der Waals surface area contributed by atoms with Crippen LogP contribution in [0.5, 0.6) is 0 Å². The van der Waals surface area contributed by atoms with Crippen LogP contribution in [0.1, 0.15) is 69.4 Å². The van der Waals surface area contributed by atoms with Gasteiger partial charge < -0.3 is 9.88 Å². The Bertz CT molecular complexity index is 775. The van der Waals surface area contributed by atoms with E-state index in [-0.39, 0.29) is 17.6 Å². The molecule has 2 aromatic rings. The number of nitrogens with one attached hydrogen (secondary N) is 2. The van der Waals surface area contributed by atoms with Gasteiger partial charge in [0, 0.05) is 48.7 Å². The summed E-state index contributed by atoms with van der Waals surface area (Å²) < 4.78 is 0. The van der Waals surface area contributed by atoms with Gasteiger partial charge >= 0.3 is 0 Å². The first kappa shape index (κ1) is 15.2. The molecule has 0 bridgehead atoms. The van der Waals surface area contributed by atoms with Crippen molar-refractivity contribution in [3.8, 4) is 0 Å². The largest absolute Gasteiger partial charge is 0.361 e. The zero-order chi connectivity index (χ0) is 16.7. The second-order valence-corrected chi connectivity index (χ2v) is 6.86. The number of H-pyrrole nitrogens is 2. The fourth-order valence-corrected chi connectivity index (χ4v) is 4.07. The summed E-state index contributed by atoms with van der Waals surface area (Å²) in [7, 11) is 0. The highest BCUT2D eigenvalue weighted by Crippen LogP contribution is 2.31. The molecular weight excluding hydrogens is 304 g/mol. The molecule has 6 heteroatoms. The third kappa shape index (κ3) is 2.46. The highest BCUT2D eigenvalue weighted by atomic mass is 16.2. The summed E-state index contributed by atoms with van der Waals surface area (Å²) in [5, 5.41) is 7.04. The lowest BCUT2D eigenvalue weighted by atomic mass is 9.91. The van der Waals surface area contributed by atoms with E-state index in [4.69, 9.17) is 0 Å². The molecule has 24 heavy (non-hydrogen) atoms. The van der Waals surface area contributed by atoms with Crippen LogP contribution in [0.25, 0.3) is 0 Å². The molecule has 1 aliphatic heterocycles. The number of carbonyl (C=O) groups excluding carboxylic acids is 2. The van der Waals surface area contributed by atoms with Gasteiger partial charge in [0.05, 0.1) is 11.1 Å². The number of likely N-dealkylation sites (tertiary alicyclic amines) is 1. The number of hydrogen-bond donors (Lipinski definition) is 2. The maximum absolute atomic E-state index is 13.1. The van der Waals surface area contributed by atoms with Crippen molar-refractivity contribution in [3.05, 3.63) is 40.5 Å². The monoisotopic (exact) mass is 326 g/mol. The predicted octanol–water partition coefficient (Wildman–Crippen LogP) is 2.59. The molecule has 2 aromatic heterocycles. The summed E-state index contributed by atoms with van der Waals surface area (Å²) >= 11 is 0. The summed E-state index contributed by atoms with van der Waals surface area (Å²) in [4.78, 5) is 30.7. The second kappa shape index (κ2) is 5.92. The van der Waals surface area contributed by atoms with Crippen molar-refractivity contribution < 1.29 is 9.59 Å². The van der Waals surface area contributed by atoms with Crippen molar-refractivity contribution in [1.29, 1.82) is 0 Å². The minimum atomic E-state index is -0.00975. The molecule has 1 fully saturated rings. The molecule has 6 nitrogen and oxygen atoms in total. The van der Waals surface area contributed by atoms with Crippen molar-refractivity contribution in [1.82, 2.24) is 20.1 Å². The Kier molecular flexibility index (Phi) is 3.75. The van der Waals surface area contributed by atoms with Crippen LogP contribution in [-0.2, 0) is 6.42 Å². The van der Waals surface area contributed by atoms with Crippen molar-refractivity contribution >= 4 is 11.7 Å². The maximum Gasteiger partial charge on any atom is 0.256 e. The molecule has 1 atom stereocenters. The number of carbonyl (C=O) groups is 2. The fourth-order valence-electron chi connectivity index (χ4n) is 4.07. The van der Waals surface area contributed by atoms with E-state index in [1.807, 2.05) is 17.9 Å². The number of ketones is 1. The lowest BCUT2D eigenvalue weighted by Crippen LogP contribution is -2.40. The molecule has 1 amide bonds. The van der Waals surface area contributed by atoms with E-state index in [9.17, 15) is 9.59 Å². The van der Waals surface area contributed by atoms with E-state index in [0.717, 1.165) is 49.3 Å². The van der Waals surface area contributed by atoms with Gasteiger partial charge in [-0.3, -0.25) is 14.7 Å². The molecule has 3 heterocycles. The van der Waals surface area contributed by atoms with E-state index in [0.29, 0.717) is 24.1 Å². The Balaban J connectivity index is 1.62. The molecular formula is C18H22N4O2. The Labute approximate surface area is 140 Å². The first-order chi connectivity index (χ1) is 11.6. The zero-order valence-electron chi connectivity index (χ0n) is 13.9. The van der Waals surface area contributed by atoms with E-state index < -0.39 is 0 Å². The predicted molar refractivity (Wildman–Crippen MR) is 89.3 cm³/mol. The lowest BCUT2D eigenvalue weighted by Gasteiger charge is -2.32. The summed E-state index contributed by atoms with van der Waals surface area (Å²) in [6, 6.07) is 1.98. The van der Waals surface area contributed by atoms with Crippen molar-refractivity contribution in [2.75, 3.05) is 13.1 Å². The number of Topliss-reactive ketones (excluding diaryl/α,β-unsaturated/α-hetero) is 1. The third-order valence-electron chi connectivity index (χ3n) is 5.26. The van der Waals surface area contributed by atoms with Crippen molar-refractivity contribution in [3.63, 3.8) is 0 Å². The summed E-state index contributed by atoms with van der Waals surface area (Å²) in [5.74, 6) is 0.381. The molecule has 4 rings (SSSR count). The number of nitrogens with zero attached hydrogens (tertiary/aromatic N) is 2. The van der Waals surface area contributed by atoms with Gasteiger partial charge in [-0.05, 0) is 38.7 Å². The lowest BCUT2D eigenvalue weighted by molar-refractivity contribution is 0.0700. The summed E-state index contributed by atoms with van der Waals surface area (Å²) in [5.41, 5.74) is 4.09. The van der Waals surface area contributed by atoms with Crippen LogP contribution in [0.2, 0.25) is 0 Å². The molecule has 1 unspecified atom stereocenters. The normalized spacial score (nSPS) is 21.0. The maximum atomic E-state index is 13.1. The van der Waals surface area contributed by atoms with Gasteiger partial charge in [-0.15, -0.1) is 0 Å². The number of fused-ring (bicyclic) bond motifs is 1. The van der Waals surface area contributed by atoms with Gasteiger partial charge in [-0.1, -0.05) is 0 Å². The minimum Gasteiger partial charge on any atom is -0.361 e. The smallest absolute Gasteiger partial charge is 0.256 e. The highest BCUT2D eigenvalue weighted by molar-refractivity contribution is 6.10. The van der Waals surface area contributed by atoms with Crippen molar-refractivity contribution in [2.45, 2.75) is 44.9 Å². The third-order valence-corrected chi connectivity index (χ3v) is 5.26. The van der Waals surface area contributed by atoms with Crippen LogP contribution in [0.3, 0.4) is 0 Å². The number of aromatic nitrogens is 3. The minimum absolute atomic E-state index is 0.00975. The zero-order valence-corrected chi connectivity index (χ0v) is 13.9. The van der Waals surface area contributed by atoms with E-state index in [2.05, 4.69) is 15.2 Å². The number of aryl methyl sites for hydroxylation is 2. The summed E-state index contributed by atoms with van der Waals surface area (Å²) in [6.07, 6.45) is 6.03. The van der Waals surface area contributed by atoms with Crippen LogP contribution in [0.15, 0.2) is 12.3 Å². The average Bonchev–Trinajstić information content (AvgIpc) is 3.22. The standard InChI is InChI=1S/C18H22N4O2/c1-11-16(17-14(20-11)5-2-6-15(17)23)18(24)22-9-3-4-12(10-22)13-7-8-19-21-13/h7-8,12,20H,2-6,9-10H2,1H3,(H,19,21).